The second kappa shape index (κ2) is 6.14. The van der Waals surface area contributed by atoms with Crippen LogP contribution in [-0.2, 0) is 6.54 Å². The number of hydrogen-bond acceptors (Lipinski definition) is 1. The summed E-state index contributed by atoms with van der Waals surface area (Å²) in [6.07, 6.45) is 1.06. The molecule has 1 nitrogen and oxygen atoms in total. The molecule has 1 aromatic carbocycles. The third kappa shape index (κ3) is 4.23. The first-order chi connectivity index (χ1) is 7.13. The summed E-state index contributed by atoms with van der Waals surface area (Å²) in [4.78, 5) is 2.31. The van der Waals surface area contributed by atoms with Gasteiger partial charge in [0, 0.05) is 12.4 Å². The van der Waals surface area contributed by atoms with E-state index in [1.165, 1.54) is 16.7 Å². The highest BCUT2D eigenvalue weighted by molar-refractivity contribution is 6.17. The van der Waals surface area contributed by atoms with Crippen LogP contribution in [-0.4, -0.2) is 24.4 Å². The fourth-order valence-corrected chi connectivity index (χ4v) is 1.74. The number of nitrogens with zero attached hydrogens (tertiary/aromatic N) is 1. The summed E-state index contributed by atoms with van der Waals surface area (Å²) in [7, 11) is 2.14. The van der Waals surface area contributed by atoms with Crippen molar-refractivity contribution in [1.82, 2.24) is 4.90 Å². The van der Waals surface area contributed by atoms with Gasteiger partial charge in [0.1, 0.15) is 0 Å². The summed E-state index contributed by atoms with van der Waals surface area (Å²) < 4.78 is 0. The van der Waals surface area contributed by atoms with Gasteiger partial charge in [0.25, 0.3) is 0 Å². The number of hydrogen-bond donors (Lipinski definition) is 0. The van der Waals surface area contributed by atoms with Crippen molar-refractivity contribution < 1.29 is 0 Å². The van der Waals surface area contributed by atoms with Gasteiger partial charge in [0.15, 0.2) is 0 Å². The summed E-state index contributed by atoms with van der Waals surface area (Å²) in [5, 5.41) is 0. The molecular formula is C13H20ClN. The van der Waals surface area contributed by atoms with E-state index in [-0.39, 0.29) is 0 Å². The zero-order valence-electron chi connectivity index (χ0n) is 9.89. The first-order valence-corrected chi connectivity index (χ1v) is 5.97. The molecule has 0 aliphatic rings. The molecule has 0 unspecified atom stereocenters. The average Bonchev–Trinajstić information content (AvgIpc) is 2.20. The Morgan fingerprint density at radius 2 is 1.93 bits per heavy atom. The van der Waals surface area contributed by atoms with E-state index < -0.39 is 0 Å². The van der Waals surface area contributed by atoms with Gasteiger partial charge < -0.3 is 4.90 Å². The highest BCUT2D eigenvalue weighted by Crippen LogP contribution is 2.11. The van der Waals surface area contributed by atoms with Crippen LogP contribution in [0.5, 0.6) is 0 Å². The van der Waals surface area contributed by atoms with Crippen LogP contribution in [0.4, 0.5) is 0 Å². The Balaban J connectivity index is 2.53. The van der Waals surface area contributed by atoms with E-state index >= 15 is 0 Å². The Labute approximate surface area is 98.0 Å². The molecule has 1 aromatic rings. The molecule has 84 valence electrons. The van der Waals surface area contributed by atoms with Gasteiger partial charge in [-0.2, -0.15) is 0 Å². The first-order valence-electron chi connectivity index (χ1n) is 5.44. The van der Waals surface area contributed by atoms with Crippen molar-refractivity contribution >= 4 is 11.6 Å². The molecule has 2 heteroatoms. The topological polar surface area (TPSA) is 3.24 Å². The van der Waals surface area contributed by atoms with E-state index in [1.54, 1.807) is 0 Å². The SMILES string of the molecule is Cc1ccc(CN(C)CCCCl)cc1C. The third-order valence-electron chi connectivity index (χ3n) is 2.70. The number of aryl methyl sites for hydroxylation is 2. The fraction of sp³-hybridized carbons (Fsp3) is 0.538. The minimum Gasteiger partial charge on any atom is -0.302 e. The maximum Gasteiger partial charge on any atom is 0.0235 e. The van der Waals surface area contributed by atoms with Gasteiger partial charge in [-0.25, -0.2) is 0 Å². The van der Waals surface area contributed by atoms with Crippen LogP contribution in [0.15, 0.2) is 18.2 Å². The highest BCUT2D eigenvalue weighted by Gasteiger charge is 2.01. The van der Waals surface area contributed by atoms with Gasteiger partial charge in [0.2, 0.25) is 0 Å². The van der Waals surface area contributed by atoms with Crippen LogP contribution in [0.2, 0.25) is 0 Å². The summed E-state index contributed by atoms with van der Waals surface area (Å²) in [6, 6.07) is 6.67. The smallest absolute Gasteiger partial charge is 0.0235 e. The monoisotopic (exact) mass is 225 g/mol. The number of halogens is 1. The van der Waals surface area contributed by atoms with Crippen LogP contribution in [0, 0.1) is 13.8 Å². The van der Waals surface area contributed by atoms with Crippen LogP contribution >= 0.6 is 11.6 Å². The molecule has 0 fully saturated rings. The van der Waals surface area contributed by atoms with E-state index in [0.717, 1.165) is 25.4 Å². The van der Waals surface area contributed by atoms with Gasteiger partial charge in [-0.3, -0.25) is 0 Å². The molecule has 0 amide bonds. The van der Waals surface area contributed by atoms with Crippen molar-refractivity contribution in [1.29, 1.82) is 0 Å². The largest absolute Gasteiger partial charge is 0.302 e. The van der Waals surface area contributed by atoms with Gasteiger partial charge in [-0.05, 0) is 50.6 Å². The van der Waals surface area contributed by atoms with Crippen molar-refractivity contribution in [2.24, 2.45) is 0 Å². The summed E-state index contributed by atoms with van der Waals surface area (Å²) in [6.45, 7) is 6.39. The van der Waals surface area contributed by atoms with E-state index in [0.29, 0.717) is 0 Å². The molecule has 15 heavy (non-hydrogen) atoms. The standard InChI is InChI=1S/C13H20ClN/c1-11-5-6-13(9-12(11)2)10-15(3)8-4-7-14/h5-6,9H,4,7-8,10H2,1-3H3. The van der Waals surface area contributed by atoms with Crippen molar-refractivity contribution in [2.45, 2.75) is 26.8 Å². The molecule has 0 aromatic heterocycles. The van der Waals surface area contributed by atoms with Crippen LogP contribution in [0.3, 0.4) is 0 Å². The lowest BCUT2D eigenvalue weighted by molar-refractivity contribution is 0.328. The van der Waals surface area contributed by atoms with Crippen molar-refractivity contribution in [2.75, 3.05) is 19.5 Å². The Kier molecular flexibility index (Phi) is 5.13. The zero-order valence-corrected chi connectivity index (χ0v) is 10.6. The van der Waals surface area contributed by atoms with E-state index in [2.05, 4.69) is 44.0 Å². The second-order valence-corrected chi connectivity index (χ2v) is 4.58. The molecule has 0 bridgehead atoms. The molecule has 0 atom stereocenters. The molecule has 0 radical (unpaired) electrons. The minimum absolute atomic E-state index is 0.747. The maximum atomic E-state index is 5.67. The van der Waals surface area contributed by atoms with E-state index in [4.69, 9.17) is 11.6 Å². The zero-order chi connectivity index (χ0) is 11.3. The van der Waals surface area contributed by atoms with Crippen LogP contribution in [0.25, 0.3) is 0 Å². The molecule has 1 rings (SSSR count). The summed E-state index contributed by atoms with van der Waals surface area (Å²) >= 11 is 5.67. The van der Waals surface area contributed by atoms with Crippen LogP contribution < -0.4 is 0 Å². The summed E-state index contributed by atoms with van der Waals surface area (Å²) in [5.41, 5.74) is 4.12. The molecule has 0 saturated carbocycles. The minimum atomic E-state index is 0.747. The predicted octanol–water partition coefficient (Wildman–Crippen LogP) is 3.36. The molecule has 0 spiro atoms. The Bertz CT molecular complexity index is 309. The van der Waals surface area contributed by atoms with Gasteiger partial charge in [0.05, 0.1) is 0 Å². The maximum absolute atomic E-state index is 5.67. The Hall–Kier alpha value is -0.530. The Morgan fingerprint density at radius 1 is 1.20 bits per heavy atom. The van der Waals surface area contributed by atoms with Crippen molar-refractivity contribution in [3.63, 3.8) is 0 Å². The third-order valence-corrected chi connectivity index (χ3v) is 2.96. The predicted molar refractivity (Wildman–Crippen MR) is 67.6 cm³/mol. The van der Waals surface area contributed by atoms with Crippen molar-refractivity contribution in [3.8, 4) is 0 Å². The molecule has 0 saturated heterocycles. The molecule has 0 heterocycles. The Morgan fingerprint density at radius 3 is 2.53 bits per heavy atom. The van der Waals surface area contributed by atoms with Crippen molar-refractivity contribution in [3.05, 3.63) is 34.9 Å². The first kappa shape index (κ1) is 12.5. The molecule has 0 N–H and O–H groups in total. The quantitative estimate of drug-likeness (QED) is 0.695. The van der Waals surface area contributed by atoms with Gasteiger partial charge in [-0.1, -0.05) is 18.2 Å². The fourth-order valence-electron chi connectivity index (χ4n) is 1.62. The molecule has 0 aliphatic carbocycles. The van der Waals surface area contributed by atoms with E-state index in [9.17, 15) is 0 Å². The number of benzene rings is 1. The molecule has 0 aliphatic heterocycles. The van der Waals surface area contributed by atoms with E-state index in [1.807, 2.05) is 0 Å². The highest BCUT2D eigenvalue weighted by atomic mass is 35.5. The van der Waals surface area contributed by atoms with Gasteiger partial charge in [-0.15, -0.1) is 11.6 Å². The lowest BCUT2D eigenvalue weighted by Gasteiger charge is -2.16. The summed E-state index contributed by atoms with van der Waals surface area (Å²) in [5.74, 6) is 0.747. The second-order valence-electron chi connectivity index (χ2n) is 4.20. The average molecular weight is 226 g/mol. The van der Waals surface area contributed by atoms with Crippen LogP contribution in [0.1, 0.15) is 23.1 Å². The lowest BCUT2D eigenvalue weighted by atomic mass is 10.1. The molecular weight excluding hydrogens is 206 g/mol. The normalized spacial score (nSPS) is 11.0. The lowest BCUT2D eigenvalue weighted by Crippen LogP contribution is -2.19. The number of alkyl halides is 1. The van der Waals surface area contributed by atoms with Gasteiger partial charge >= 0.3 is 0 Å². The number of rotatable bonds is 5.